The maximum absolute atomic E-state index is 5.44. The van der Waals surface area contributed by atoms with Gasteiger partial charge >= 0.3 is 0 Å². The first kappa shape index (κ1) is 11.4. The van der Waals surface area contributed by atoms with Gasteiger partial charge in [0.1, 0.15) is 0 Å². The van der Waals surface area contributed by atoms with Crippen molar-refractivity contribution in [2.75, 3.05) is 32.8 Å². The van der Waals surface area contributed by atoms with Crippen molar-refractivity contribution in [2.45, 2.75) is 38.8 Å². The van der Waals surface area contributed by atoms with Crippen molar-refractivity contribution in [3.63, 3.8) is 0 Å². The van der Waals surface area contributed by atoms with Crippen LogP contribution in [0.2, 0.25) is 0 Å². The molecular weight excluding hydrogens is 188 g/mol. The number of hydrogen-bond donors (Lipinski definition) is 1. The molecular formula is C12H24N2O. The molecule has 0 bridgehead atoms. The largest absolute Gasteiger partial charge is 0.381 e. The van der Waals surface area contributed by atoms with Crippen molar-refractivity contribution in [3.8, 4) is 0 Å². The molecule has 0 aromatic carbocycles. The Balaban J connectivity index is 1.88. The molecule has 2 unspecified atom stereocenters. The molecule has 0 spiro atoms. The van der Waals surface area contributed by atoms with E-state index in [0.717, 1.165) is 32.2 Å². The summed E-state index contributed by atoms with van der Waals surface area (Å²) in [5.41, 5.74) is 0.270. The van der Waals surface area contributed by atoms with E-state index >= 15 is 0 Å². The van der Waals surface area contributed by atoms with Gasteiger partial charge in [-0.3, -0.25) is 4.90 Å². The average molecular weight is 212 g/mol. The number of nitrogens with one attached hydrogen (secondary N) is 1. The van der Waals surface area contributed by atoms with Gasteiger partial charge < -0.3 is 10.1 Å². The number of hydrogen-bond acceptors (Lipinski definition) is 3. The van der Waals surface area contributed by atoms with Crippen LogP contribution in [0.1, 0.15) is 27.2 Å². The maximum Gasteiger partial charge on any atom is 0.0507 e. The van der Waals surface area contributed by atoms with Gasteiger partial charge in [-0.25, -0.2) is 0 Å². The van der Waals surface area contributed by atoms with Gasteiger partial charge in [0.2, 0.25) is 0 Å². The van der Waals surface area contributed by atoms with E-state index in [-0.39, 0.29) is 5.54 Å². The fourth-order valence-corrected chi connectivity index (χ4v) is 2.58. The highest BCUT2D eigenvalue weighted by atomic mass is 16.5. The smallest absolute Gasteiger partial charge is 0.0507 e. The molecule has 3 heteroatoms. The third-order valence-corrected chi connectivity index (χ3v) is 3.61. The molecule has 0 saturated carbocycles. The molecule has 1 N–H and O–H groups in total. The van der Waals surface area contributed by atoms with Gasteiger partial charge in [0.15, 0.2) is 0 Å². The molecule has 2 atom stereocenters. The predicted molar refractivity (Wildman–Crippen MR) is 62.0 cm³/mol. The molecule has 2 rings (SSSR count). The zero-order valence-corrected chi connectivity index (χ0v) is 10.3. The molecule has 0 aromatic rings. The monoisotopic (exact) mass is 212 g/mol. The van der Waals surface area contributed by atoms with E-state index in [1.54, 1.807) is 0 Å². The lowest BCUT2D eigenvalue weighted by molar-refractivity contribution is 0.0830. The Morgan fingerprint density at radius 1 is 1.47 bits per heavy atom. The summed E-state index contributed by atoms with van der Waals surface area (Å²) in [6.45, 7) is 12.3. The summed E-state index contributed by atoms with van der Waals surface area (Å²) in [5.74, 6) is 0.765. The SMILES string of the molecule is CC1CNC(C)(C)CN1CC1CCOC1. The average Bonchev–Trinajstić information content (AvgIpc) is 2.64. The second-order valence-corrected chi connectivity index (χ2v) is 5.77. The quantitative estimate of drug-likeness (QED) is 0.742. The number of rotatable bonds is 2. The van der Waals surface area contributed by atoms with Crippen molar-refractivity contribution >= 4 is 0 Å². The van der Waals surface area contributed by atoms with Gasteiger partial charge in [-0.1, -0.05) is 0 Å². The minimum atomic E-state index is 0.270. The van der Waals surface area contributed by atoms with Gasteiger partial charge in [-0.05, 0) is 33.1 Å². The first-order chi connectivity index (χ1) is 7.07. The van der Waals surface area contributed by atoms with Crippen LogP contribution in [0.15, 0.2) is 0 Å². The molecule has 2 fully saturated rings. The van der Waals surface area contributed by atoms with Crippen molar-refractivity contribution in [1.82, 2.24) is 10.2 Å². The normalized spacial score (nSPS) is 37.0. The van der Waals surface area contributed by atoms with Crippen LogP contribution >= 0.6 is 0 Å². The fraction of sp³-hybridized carbons (Fsp3) is 1.00. The molecule has 0 amide bonds. The molecule has 2 aliphatic rings. The Kier molecular flexibility index (Phi) is 3.33. The Morgan fingerprint density at radius 3 is 2.93 bits per heavy atom. The first-order valence-electron chi connectivity index (χ1n) is 6.14. The lowest BCUT2D eigenvalue weighted by atomic mass is 9.97. The number of piperazine rings is 1. The minimum absolute atomic E-state index is 0.270. The first-order valence-corrected chi connectivity index (χ1v) is 6.14. The lowest BCUT2D eigenvalue weighted by Gasteiger charge is -2.44. The molecule has 3 nitrogen and oxygen atoms in total. The zero-order chi connectivity index (χ0) is 10.9. The zero-order valence-electron chi connectivity index (χ0n) is 10.3. The summed E-state index contributed by atoms with van der Waals surface area (Å²) >= 11 is 0. The summed E-state index contributed by atoms with van der Waals surface area (Å²) in [7, 11) is 0. The molecule has 0 aliphatic carbocycles. The van der Waals surface area contributed by atoms with E-state index in [9.17, 15) is 0 Å². The van der Waals surface area contributed by atoms with Crippen LogP contribution in [0.4, 0.5) is 0 Å². The van der Waals surface area contributed by atoms with Crippen LogP contribution in [-0.2, 0) is 4.74 Å². The van der Waals surface area contributed by atoms with Gasteiger partial charge in [0.05, 0.1) is 6.61 Å². The molecule has 88 valence electrons. The third kappa shape index (κ3) is 2.92. The summed E-state index contributed by atoms with van der Waals surface area (Å²) in [5, 5.41) is 3.59. The molecule has 0 radical (unpaired) electrons. The van der Waals surface area contributed by atoms with E-state index < -0.39 is 0 Å². The van der Waals surface area contributed by atoms with Crippen molar-refractivity contribution in [2.24, 2.45) is 5.92 Å². The molecule has 2 aliphatic heterocycles. The second-order valence-electron chi connectivity index (χ2n) is 5.77. The topological polar surface area (TPSA) is 24.5 Å². The molecule has 15 heavy (non-hydrogen) atoms. The van der Waals surface area contributed by atoms with E-state index in [4.69, 9.17) is 4.74 Å². The van der Waals surface area contributed by atoms with E-state index in [1.165, 1.54) is 13.0 Å². The van der Waals surface area contributed by atoms with Gasteiger partial charge in [-0.2, -0.15) is 0 Å². The van der Waals surface area contributed by atoms with Crippen LogP contribution in [0.5, 0.6) is 0 Å². The Hall–Kier alpha value is -0.120. The summed E-state index contributed by atoms with van der Waals surface area (Å²) in [6.07, 6.45) is 1.25. The Morgan fingerprint density at radius 2 is 2.27 bits per heavy atom. The predicted octanol–water partition coefficient (Wildman–Crippen LogP) is 1.10. The second kappa shape index (κ2) is 4.40. The molecule has 2 heterocycles. The van der Waals surface area contributed by atoms with Crippen molar-refractivity contribution < 1.29 is 4.74 Å². The van der Waals surface area contributed by atoms with Gasteiger partial charge in [0, 0.05) is 37.8 Å². The van der Waals surface area contributed by atoms with Crippen LogP contribution in [0.3, 0.4) is 0 Å². The minimum Gasteiger partial charge on any atom is -0.381 e. The molecule has 2 saturated heterocycles. The highest BCUT2D eigenvalue weighted by Gasteiger charge is 2.31. The summed E-state index contributed by atoms with van der Waals surface area (Å²) < 4.78 is 5.44. The van der Waals surface area contributed by atoms with Crippen LogP contribution in [-0.4, -0.2) is 49.3 Å². The van der Waals surface area contributed by atoms with Crippen LogP contribution in [0, 0.1) is 5.92 Å². The summed E-state index contributed by atoms with van der Waals surface area (Å²) in [6, 6.07) is 0.665. The lowest BCUT2D eigenvalue weighted by Crippen LogP contribution is -2.61. The molecule has 0 aromatic heterocycles. The Labute approximate surface area is 93.2 Å². The van der Waals surface area contributed by atoms with E-state index in [2.05, 4.69) is 31.0 Å². The van der Waals surface area contributed by atoms with Gasteiger partial charge in [-0.15, -0.1) is 0 Å². The highest BCUT2D eigenvalue weighted by Crippen LogP contribution is 2.20. The number of nitrogens with zero attached hydrogens (tertiary/aromatic N) is 1. The highest BCUT2D eigenvalue weighted by molar-refractivity contribution is 4.91. The maximum atomic E-state index is 5.44. The van der Waals surface area contributed by atoms with Crippen LogP contribution < -0.4 is 5.32 Å². The standard InChI is InChI=1S/C12H24N2O/c1-10-6-13-12(2,3)9-14(10)7-11-4-5-15-8-11/h10-11,13H,4-9H2,1-3H3. The summed E-state index contributed by atoms with van der Waals surface area (Å²) in [4.78, 5) is 2.62. The number of ether oxygens (including phenoxy) is 1. The fourth-order valence-electron chi connectivity index (χ4n) is 2.58. The van der Waals surface area contributed by atoms with E-state index in [0.29, 0.717) is 6.04 Å². The third-order valence-electron chi connectivity index (χ3n) is 3.61. The van der Waals surface area contributed by atoms with E-state index in [1.807, 2.05) is 0 Å². The van der Waals surface area contributed by atoms with Crippen molar-refractivity contribution in [3.05, 3.63) is 0 Å². The Bertz CT molecular complexity index is 212. The van der Waals surface area contributed by atoms with Crippen molar-refractivity contribution in [1.29, 1.82) is 0 Å². The van der Waals surface area contributed by atoms with Gasteiger partial charge in [0.25, 0.3) is 0 Å². The van der Waals surface area contributed by atoms with Crippen LogP contribution in [0.25, 0.3) is 0 Å².